The fraction of sp³-hybridized carbons (Fsp3) is 0.107. The normalized spacial score (nSPS) is 12.9. The zero-order valence-corrected chi connectivity index (χ0v) is 23.0. The molecule has 9 nitrogen and oxygen atoms in total. The van der Waals surface area contributed by atoms with Crippen molar-refractivity contribution in [3.8, 4) is 0 Å². The molecule has 13 heteroatoms. The largest absolute Gasteiger partial charge is 0.399 e. The van der Waals surface area contributed by atoms with Gasteiger partial charge >= 0.3 is 13.3 Å². The third-order valence-corrected chi connectivity index (χ3v) is 8.47. The summed E-state index contributed by atoms with van der Waals surface area (Å²) in [6, 6.07) is 26.1. The van der Waals surface area contributed by atoms with E-state index >= 15 is 0 Å². The van der Waals surface area contributed by atoms with Gasteiger partial charge in [0.25, 0.3) is 0 Å². The summed E-state index contributed by atoms with van der Waals surface area (Å²) in [7, 11) is -9.92. The van der Waals surface area contributed by atoms with Crippen LogP contribution in [-0.2, 0) is 31.5 Å². The van der Waals surface area contributed by atoms with Crippen molar-refractivity contribution in [1.82, 2.24) is 4.72 Å². The van der Waals surface area contributed by atoms with Crippen molar-refractivity contribution in [2.24, 2.45) is 0 Å². The van der Waals surface area contributed by atoms with Crippen molar-refractivity contribution >= 4 is 40.6 Å². The monoisotopic (exact) mass is 601 g/mol. The van der Waals surface area contributed by atoms with Crippen molar-refractivity contribution in [3.05, 3.63) is 120 Å². The minimum absolute atomic E-state index is 0.0780. The van der Waals surface area contributed by atoms with Crippen LogP contribution in [0.1, 0.15) is 11.1 Å². The fourth-order valence-corrected chi connectivity index (χ4v) is 5.54. The number of sulfonamides is 1. The van der Waals surface area contributed by atoms with Crippen LogP contribution in [0.2, 0.25) is 0 Å². The first kappa shape index (κ1) is 30.0. The molecule has 1 unspecified atom stereocenters. The quantitative estimate of drug-likeness (QED) is 0.149. The van der Waals surface area contributed by atoms with Crippen molar-refractivity contribution in [2.75, 3.05) is 10.6 Å². The second-order valence-corrected chi connectivity index (χ2v) is 12.4. The number of hydrogen-bond donors (Lipinski definition) is 5. The minimum Gasteiger partial charge on any atom is -0.356 e. The van der Waals surface area contributed by atoms with Crippen molar-refractivity contribution in [3.63, 3.8) is 0 Å². The lowest BCUT2D eigenvalue weighted by atomic mass is 10.0. The van der Waals surface area contributed by atoms with Crippen molar-refractivity contribution in [2.45, 2.75) is 23.0 Å². The maximum atomic E-state index is 14.1. The molecule has 0 aliphatic carbocycles. The van der Waals surface area contributed by atoms with Gasteiger partial charge in [0, 0.05) is 22.6 Å². The first-order valence-corrected chi connectivity index (χ1v) is 15.3. The van der Waals surface area contributed by atoms with Crippen LogP contribution in [0.3, 0.4) is 0 Å². The molecule has 0 aliphatic heterocycles. The molecule has 0 saturated heterocycles. The summed E-state index contributed by atoms with van der Waals surface area (Å²) in [5.74, 6) is -0.710. The predicted molar refractivity (Wildman–Crippen MR) is 151 cm³/mol. The summed E-state index contributed by atoms with van der Waals surface area (Å²) in [6.07, 6.45) is -0.243. The second-order valence-electron chi connectivity index (χ2n) is 9.03. The second kappa shape index (κ2) is 12.3. The predicted octanol–water partition coefficient (Wildman–Crippen LogP) is 5.19. The number of rotatable bonds is 11. The molecule has 0 aliphatic rings. The fourth-order valence-electron chi connectivity index (χ4n) is 3.84. The topological polar surface area (TPSA) is 145 Å². The Morgan fingerprint density at radius 1 is 0.780 bits per heavy atom. The van der Waals surface area contributed by atoms with Crippen LogP contribution >= 0.6 is 7.60 Å². The number of nitrogens with one attached hydrogen (secondary N) is 3. The molecular weight excluding hydrogens is 575 g/mol. The number of halogens is 2. The number of carbonyl (C=O) groups is 1. The van der Waals surface area contributed by atoms with Crippen LogP contribution in [0, 0.1) is 0 Å². The van der Waals surface area contributed by atoms with Crippen LogP contribution in [0.4, 0.5) is 25.8 Å². The number of carbonyl (C=O) groups excluding carboxylic acids is 1. The molecule has 4 aromatic carbocycles. The number of benzene rings is 4. The Morgan fingerprint density at radius 3 is 1.85 bits per heavy atom. The van der Waals surface area contributed by atoms with E-state index in [1.165, 1.54) is 24.3 Å². The van der Waals surface area contributed by atoms with E-state index in [1.54, 1.807) is 30.3 Å². The molecule has 5 N–H and O–H groups in total. The molecule has 0 saturated carbocycles. The summed E-state index contributed by atoms with van der Waals surface area (Å²) in [4.78, 5) is 31.2. The third-order valence-electron chi connectivity index (χ3n) is 5.99. The summed E-state index contributed by atoms with van der Waals surface area (Å²) < 4.78 is 67.7. The Kier molecular flexibility index (Phi) is 9.01. The highest BCUT2D eigenvalue weighted by atomic mass is 32.2. The zero-order chi connectivity index (χ0) is 29.7. The Bertz CT molecular complexity index is 1630. The van der Waals surface area contributed by atoms with E-state index in [2.05, 4.69) is 15.4 Å². The lowest BCUT2D eigenvalue weighted by Crippen LogP contribution is -2.45. The van der Waals surface area contributed by atoms with E-state index in [0.717, 1.165) is 35.6 Å². The first-order valence-electron chi connectivity index (χ1n) is 12.2. The van der Waals surface area contributed by atoms with Gasteiger partial charge in [0.2, 0.25) is 15.9 Å². The van der Waals surface area contributed by atoms with Crippen molar-refractivity contribution < 1.29 is 36.3 Å². The van der Waals surface area contributed by atoms with E-state index in [4.69, 9.17) is 9.79 Å². The number of hydrogen-bond acceptors (Lipinski definition) is 5. The third kappa shape index (κ3) is 7.63. The maximum absolute atomic E-state index is 14.1. The molecule has 41 heavy (non-hydrogen) atoms. The van der Waals surface area contributed by atoms with E-state index in [1.807, 2.05) is 30.3 Å². The molecule has 4 rings (SSSR count). The lowest BCUT2D eigenvalue weighted by molar-refractivity contribution is -0.117. The van der Waals surface area contributed by atoms with Gasteiger partial charge in [0.05, 0.1) is 4.90 Å². The van der Waals surface area contributed by atoms with E-state index in [9.17, 15) is 26.6 Å². The Labute approximate surface area is 235 Å². The Hall–Kier alpha value is -3.93. The van der Waals surface area contributed by atoms with Gasteiger partial charge in [-0.2, -0.15) is 13.5 Å². The van der Waals surface area contributed by atoms with Gasteiger partial charge in [-0.1, -0.05) is 60.7 Å². The molecule has 4 aromatic rings. The van der Waals surface area contributed by atoms with Crippen LogP contribution < -0.4 is 15.4 Å². The molecule has 1 amide bonds. The van der Waals surface area contributed by atoms with Crippen LogP contribution in [-0.4, -0.2) is 30.2 Å². The molecule has 1 atom stereocenters. The Balaban J connectivity index is 1.54. The van der Waals surface area contributed by atoms with Crippen LogP contribution in [0.15, 0.2) is 114 Å². The van der Waals surface area contributed by atoms with Gasteiger partial charge in [-0.25, -0.2) is 8.42 Å². The molecule has 0 radical (unpaired) electrons. The number of alkyl halides is 2. The average Bonchev–Trinajstić information content (AvgIpc) is 2.94. The average molecular weight is 602 g/mol. The van der Waals surface area contributed by atoms with Gasteiger partial charge in [0.1, 0.15) is 6.04 Å². The molecule has 0 spiro atoms. The van der Waals surface area contributed by atoms with Crippen LogP contribution in [0.5, 0.6) is 0 Å². The first-order chi connectivity index (χ1) is 19.3. The summed E-state index contributed by atoms with van der Waals surface area (Å²) in [6.45, 7) is 0. The van der Waals surface area contributed by atoms with Gasteiger partial charge in [-0.05, 0) is 60.5 Å². The van der Waals surface area contributed by atoms with E-state index in [-0.39, 0.29) is 16.9 Å². The van der Waals surface area contributed by atoms with E-state index in [0.29, 0.717) is 5.69 Å². The van der Waals surface area contributed by atoms with Crippen molar-refractivity contribution in [1.29, 1.82) is 0 Å². The molecule has 214 valence electrons. The number of para-hydroxylation sites is 1. The summed E-state index contributed by atoms with van der Waals surface area (Å²) in [5, 5.41) is 5.87. The maximum Gasteiger partial charge on any atom is 0.399 e. The van der Waals surface area contributed by atoms with Gasteiger partial charge in [-0.3, -0.25) is 9.36 Å². The van der Waals surface area contributed by atoms with Gasteiger partial charge < -0.3 is 20.4 Å². The molecular formula is C28H26F2N3O6PS. The zero-order valence-electron chi connectivity index (χ0n) is 21.3. The van der Waals surface area contributed by atoms with Gasteiger partial charge in [-0.15, -0.1) is 0 Å². The lowest BCUT2D eigenvalue weighted by Gasteiger charge is -2.20. The smallest absolute Gasteiger partial charge is 0.356 e. The standard InChI is InChI=1S/C28H26F2N3O6PS/c29-28(30,40(35,36)37)21-13-11-20(12-14-21)19-26(33-41(38,39)25-9-5-2-6-10-25)27(34)32-24-17-15-23(16-18-24)31-22-7-3-1-4-8-22/h1-18,26,31,33H,19H2,(H,32,34)(H2,35,36,37). The SMILES string of the molecule is O=C(Nc1ccc(Nc2ccccc2)cc1)C(Cc1ccc(C(F)(F)P(=O)(O)O)cc1)NS(=O)(=O)c1ccccc1. The highest BCUT2D eigenvalue weighted by Crippen LogP contribution is 2.59. The van der Waals surface area contributed by atoms with E-state index < -0.39 is 40.8 Å². The minimum atomic E-state index is -5.77. The number of amides is 1. The Morgan fingerprint density at radius 2 is 1.29 bits per heavy atom. The highest BCUT2D eigenvalue weighted by Gasteiger charge is 2.50. The molecule has 0 aromatic heterocycles. The van der Waals surface area contributed by atoms with Gasteiger partial charge in [0.15, 0.2) is 0 Å². The summed E-state index contributed by atoms with van der Waals surface area (Å²) >= 11 is 0. The molecule has 0 fully saturated rings. The highest BCUT2D eigenvalue weighted by molar-refractivity contribution is 7.89. The molecule has 0 heterocycles. The molecule has 0 bridgehead atoms. The van der Waals surface area contributed by atoms with Crippen LogP contribution in [0.25, 0.3) is 0 Å². The summed E-state index contributed by atoms with van der Waals surface area (Å²) in [5.41, 5.74) is -3.04. The number of anilines is 3.